The third-order valence-corrected chi connectivity index (χ3v) is 3.53. The predicted octanol–water partition coefficient (Wildman–Crippen LogP) is 3.57. The molecule has 2 heterocycles. The molecule has 4 aromatic rings. The number of furan rings is 1. The molecule has 0 fully saturated rings. The largest absolute Gasteiger partial charge is 0.457 e. The van der Waals surface area contributed by atoms with E-state index >= 15 is 0 Å². The summed E-state index contributed by atoms with van der Waals surface area (Å²) in [5.74, 6) is 0.380. The highest BCUT2D eigenvalue weighted by Crippen LogP contribution is 2.19. The minimum atomic E-state index is -0.256. The molecule has 0 radical (unpaired) electrons. The van der Waals surface area contributed by atoms with Crippen molar-refractivity contribution in [3.05, 3.63) is 72.8 Å². The lowest BCUT2D eigenvalue weighted by Crippen LogP contribution is -2.19. The Morgan fingerprint density at radius 3 is 2.87 bits per heavy atom. The minimum absolute atomic E-state index is 0.256. The molecular formula is C18H13N3O2. The first kappa shape index (κ1) is 13.3. The van der Waals surface area contributed by atoms with Gasteiger partial charge in [0, 0.05) is 11.5 Å². The van der Waals surface area contributed by atoms with E-state index in [1.54, 1.807) is 17.1 Å². The number of para-hydroxylation sites is 3. The predicted molar refractivity (Wildman–Crippen MR) is 89.3 cm³/mol. The second-order valence-corrected chi connectivity index (χ2v) is 5.10. The van der Waals surface area contributed by atoms with Crippen molar-refractivity contribution in [1.29, 1.82) is 0 Å². The normalized spacial score (nSPS) is 11.5. The molecule has 0 aliphatic carbocycles. The van der Waals surface area contributed by atoms with E-state index in [0.29, 0.717) is 5.76 Å². The molecule has 0 atom stereocenters. The number of carbonyl (C=O) groups is 1. The van der Waals surface area contributed by atoms with Crippen molar-refractivity contribution in [2.24, 2.45) is 0 Å². The highest BCUT2D eigenvalue weighted by atomic mass is 16.3. The minimum Gasteiger partial charge on any atom is -0.457 e. The molecule has 0 aliphatic rings. The van der Waals surface area contributed by atoms with Crippen molar-refractivity contribution < 1.29 is 9.21 Å². The van der Waals surface area contributed by atoms with Crippen LogP contribution in [0.3, 0.4) is 0 Å². The summed E-state index contributed by atoms with van der Waals surface area (Å²) in [4.78, 5) is 16.3. The van der Waals surface area contributed by atoms with Gasteiger partial charge in [0.1, 0.15) is 17.7 Å². The van der Waals surface area contributed by atoms with E-state index in [9.17, 15) is 4.79 Å². The van der Waals surface area contributed by atoms with Crippen LogP contribution >= 0.6 is 0 Å². The first-order valence-corrected chi connectivity index (χ1v) is 7.19. The van der Waals surface area contributed by atoms with Crippen molar-refractivity contribution in [3.8, 4) is 0 Å². The summed E-state index contributed by atoms with van der Waals surface area (Å²) in [6.07, 6.45) is 4.67. The number of carbonyl (C=O) groups excluding carboxylic acids is 1. The smallest absolute Gasteiger partial charge is 0.262 e. The lowest BCUT2D eigenvalue weighted by atomic mass is 10.2. The van der Waals surface area contributed by atoms with Gasteiger partial charge in [-0.05, 0) is 30.3 Å². The molecule has 23 heavy (non-hydrogen) atoms. The van der Waals surface area contributed by atoms with E-state index in [1.165, 1.54) is 6.08 Å². The number of hydrogen-bond acceptors (Lipinski definition) is 3. The molecule has 5 nitrogen and oxygen atoms in total. The first-order chi connectivity index (χ1) is 11.3. The molecule has 0 aliphatic heterocycles. The van der Waals surface area contributed by atoms with Gasteiger partial charge in [0.25, 0.3) is 5.91 Å². The number of hydrogen-bond donors (Lipinski definition) is 1. The van der Waals surface area contributed by atoms with Crippen LogP contribution < -0.4 is 5.43 Å². The standard InChI is InChI=1S/C18H13N3O2/c22-18(20-21-12-19-15-6-2-3-7-16(15)21)10-9-14-11-13-5-1-4-8-17(13)23-14/h1-12H,(H,20,22)/b10-9+. The molecule has 0 unspecified atom stereocenters. The van der Waals surface area contributed by atoms with Crippen molar-refractivity contribution in [3.63, 3.8) is 0 Å². The number of imidazole rings is 1. The van der Waals surface area contributed by atoms with Crippen molar-refractivity contribution in [2.45, 2.75) is 0 Å². The van der Waals surface area contributed by atoms with Crippen LogP contribution in [0.2, 0.25) is 0 Å². The Hall–Kier alpha value is -3.34. The Bertz CT molecular complexity index is 994. The Kier molecular flexibility index (Phi) is 3.16. The number of fused-ring (bicyclic) bond motifs is 2. The van der Waals surface area contributed by atoms with Crippen LogP contribution in [0.1, 0.15) is 5.76 Å². The Balaban J connectivity index is 1.53. The van der Waals surface area contributed by atoms with Gasteiger partial charge >= 0.3 is 0 Å². The lowest BCUT2D eigenvalue weighted by molar-refractivity contribution is -0.112. The van der Waals surface area contributed by atoms with Gasteiger partial charge in [0.2, 0.25) is 0 Å². The molecule has 0 saturated heterocycles. The number of benzene rings is 2. The van der Waals surface area contributed by atoms with Crippen molar-refractivity contribution >= 4 is 34.0 Å². The quantitative estimate of drug-likeness (QED) is 0.589. The van der Waals surface area contributed by atoms with E-state index < -0.39 is 0 Å². The van der Waals surface area contributed by atoms with E-state index in [2.05, 4.69) is 10.4 Å². The second-order valence-electron chi connectivity index (χ2n) is 5.10. The van der Waals surface area contributed by atoms with Gasteiger partial charge in [0.05, 0.1) is 11.0 Å². The van der Waals surface area contributed by atoms with E-state index in [0.717, 1.165) is 22.0 Å². The summed E-state index contributed by atoms with van der Waals surface area (Å²) < 4.78 is 7.24. The molecule has 1 N–H and O–H groups in total. The third kappa shape index (κ3) is 2.60. The topological polar surface area (TPSA) is 60.1 Å². The van der Waals surface area contributed by atoms with Gasteiger partial charge in [0.15, 0.2) is 0 Å². The fraction of sp³-hybridized carbons (Fsp3) is 0. The zero-order valence-corrected chi connectivity index (χ0v) is 12.1. The molecule has 112 valence electrons. The Morgan fingerprint density at radius 2 is 1.96 bits per heavy atom. The lowest BCUT2D eigenvalue weighted by Gasteiger charge is -2.03. The highest BCUT2D eigenvalue weighted by molar-refractivity contribution is 5.98. The van der Waals surface area contributed by atoms with Crippen LogP contribution in [0.15, 0.2) is 71.4 Å². The van der Waals surface area contributed by atoms with Crippen LogP contribution in [0.25, 0.3) is 28.1 Å². The summed E-state index contributed by atoms with van der Waals surface area (Å²) >= 11 is 0. The van der Waals surface area contributed by atoms with E-state index in [1.807, 2.05) is 54.6 Å². The maximum absolute atomic E-state index is 12.1. The van der Waals surface area contributed by atoms with Gasteiger partial charge in [-0.2, -0.15) is 0 Å². The first-order valence-electron chi connectivity index (χ1n) is 7.19. The Morgan fingerprint density at radius 1 is 1.13 bits per heavy atom. The van der Waals surface area contributed by atoms with Crippen molar-refractivity contribution in [2.75, 3.05) is 5.43 Å². The second kappa shape index (κ2) is 5.46. The summed E-state index contributed by atoms with van der Waals surface area (Å²) in [5.41, 5.74) is 5.23. The molecule has 5 heteroatoms. The molecule has 2 aromatic carbocycles. The van der Waals surface area contributed by atoms with E-state index in [-0.39, 0.29) is 5.91 Å². The fourth-order valence-corrected chi connectivity index (χ4v) is 2.45. The molecule has 0 bridgehead atoms. The number of rotatable bonds is 3. The average Bonchev–Trinajstić information content (AvgIpc) is 3.17. The van der Waals surface area contributed by atoms with Gasteiger partial charge < -0.3 is 4.42 Å². The zero-order valence-electron chi connectivity index (χ0n) is 12.1. The summed E-state index contributed by atoms with van der Waals surface area (Å²) in [6.45, 7) is 0. The Labute approximate surface area is 131 Å². The van der Waals surface area contributed by atoms with Crippen LogP contribution in [0, 0.1) is 0 Å². The van der Waals surface area contributed by atoms with Gasteiger partial charge in [-0.25, -0.2) is 9.66 Å². The summed E-state index contributed by atoms with van der Waals surface area (Å²) in [6, 6.07) is 17.2. The molecule has 0 saturated carbocycles. The molecule has 4 rings (SSSR count). The van der Waals surface area contributed by atoms with Crippen molar-refractivity contribution in [1.82, 2.24) is 9.66 Å². The van der Waals surface area contributed by atoms with Crippen LogP contribution in [-0.2, 0) is 4.79 Å². The molecular weight excluding hydrogens is 290 g/mol. The fourth-order valence-electron chi connectivity index (χ4n) is 2.45. The average molecular weight is 303 g/mol. The molecule has 2 aromatic heterocycles. The zero-order chi connectivity index (χ0) is 15.6. The van der Waals surface area contributed by atoms with Gasteiger partial charge in [-0.1, -0.05) is 30.3 Å². The molecule has 0 spiro atoms. The molecule has 1 amide bonds. The van der Waals surface area contributed by atoms with E-state index in [4.69, 9.17) is 4.42 Å². The van der Waals surface area contributed by atoms with Crippen LogP contribution in [0.5, 0.6) is 0 Å². The third-order valence-electron chi connectivity index (χ3n) is 3.53. The van der Waals surface area contributed by atoms with Gasteiger partial charge in [-0.15, -0.1) is 0 Å². The van der Waals surface area contributed by atoms with Gasteiger partial charge in [-0.3, -0.25) is 10.2 Å². The maximum Gasteiger partial charge on any atom is 0.262 e. The summed E-state index contributed by atoms with van der Waals surface area (Å²) in [5, 5.41) is 1.01. The summed E-state index contributed by atoms with van der Waals surface area (Å²) in [7, 11) is 0. The monoisotopic (exact) mass is 303 g/mol. The number of amides is 1. The maximum atomic E-state index is 12.1. The van der Waals surface area contributed by atoms with Crippen LogP contribution in [0.4, 0.5) is 0 Å². The SMILES string of the molecule is O=C(/C=C/c1cc2ccccc2o1)Nn1cnc2ccccc21. The van der Waals surface area contributed by atoms with Crippen LogP contribution in [-0.4, -0.2) is 15.6 Å². The highest BCUT2D eigenvalue weighted by Gasteiger charge is 2.04. The number of nitrogens with one attached hydrogen (secondary N) is 1. The number of nitrogens with zero attached hydrogens (tertiary/aromatic N) is 2. The number of aromatic nitrogens is 2.